The van der Waals surface area contributed by atoms with E-state index >= 15 is 0 Å². The fraction of sp³-hybridized carbons (Fsp3) is 0.350. The zero-order chi connectivity index (χ0) is 18.7. The standard InChI is InChI=1S/C20H24N2O3S/c1-15-12-18(8-9-19(15)22-10-3-4-11-22)21-20(23)17-7-5-6-16(13-17)14-26(2,24)25/h5-9,12-13H,3-4,10-11,14H2,1-2H3,(H,21,23). The maximum Gasteiger partial charge on any atom is 0.255 e. The molecule has 0 saturated carbocycles. The molecule has 1 fully saturated rings. The van der Waals surface area contributed by atoms with Gasteiger partial charge in [0.1, 0.15) is 0 Å². The zero-order valence-corrected chi connectivity index (χ0v) is 16.0. The number of sulfone groups is 1. The first kappa shape index (κ1) is 18.5. The molecule has 1 N–H and O–H groups in total. The first-order chi connectivity index (χ1) is 12.3. The van der Waals surface area contributed by atoms with Crippen LogP contribution < -0.4 is 10.2 Å². The first-order valence-electron chi connectivity index (χ1n) is 8.75. The van der Waals surface area contributed by atoms with Crippen molar-refractivity contribution in [2.24, 2.45) is 0 Å². The largest absolute Gasteiger partial charge is 0.371 e. The molecule has 3 rings (SSSR count). The van der Waals surface area contributed by atoms with Crippen molar-refractivity contribution in [1.29, 1.82) is 0 Å². The third-order valence-corrected chi connectivity index (χ3v) is 5.38. The molecule has 1 saturated heterocycles. The highest BCUT2D eigenvalue weighted by Crippen LogP contribution is 2.27. The Hall–Kier alpha value is -2.34. The Balaban J connectivity index is 1.73. The summed E-state index contributed by atoms with van der Waals surface area (Å²) in [6.07, 6.45) is 3.63. The third-order valence-electron chi connectivity index (χ3n) is 4.52. The number of carbonyl (C=O) groups excluding carboxylic acids is 1. The molecule has 1 heterocycles. The predicted octanol–water partition coefficient (Wildman–Crippen LogP) is 3.39. The number of nitrogens with one attached hydrogen (secondary N) is 1. The number of nitrogens with zero attached hydrogens (tertiary/aromatic N) is 1. The van der Waals surface area contributed by atoms with Crippen molar-refractivity contribution in [3.63, 3.8) is 0 Å². The molecule has 0 aliphatic carbocycles. The van der Waals surface area contributed by atoms with Crippen molar-refractivity contribution >= 4 is 27.1 Å². The summed E-state index contributed by atoms with van der Waals surface area (Å²) in [6, 6.07) is 12.7. The summed E-state index contributed by atoms with van der Waals surface area (Å²) in [5, 5.41) is 2.90. The van der Waals surface area contributed by atoms with E-state index in [1.54, 1.807) is 24.3 Å². The fourth-order valence-corrected chi connectivity index (χ4v) is 4.14. The Morgan fingerprint density at radius 2 is 1.85 bits per heavy atom. The molecule has 0 spiro atoms. The van der Waals surface area contributed by atoms with Crippen LogP contribution >= 0.6 is 0 Å². The molecule has 26 heavy (non-hydrogen) atoms. The van der Waals surface area contributed by atoms with Gasteiger partial charge in [-0.1, -0.05) is 12.1 Å². The molecule has 1 aliphatic rings. The summed E-state index contributed by atoms with van der Waals surface area (Å²) < 4.78 is 22.9. The third kappa shape index (κ3) is 4.64. The molecular weight excluding hydrogens is 348 g/mol. The van der Waals surface area contributed by atoms with E-state index in [2.05, 4.69) is 23.2 Å². The molecule has 0 atom stereocenters. The van der Waals surface area contributed by atoms with Crippen LogP contribution in [-0.4, -0.2) is 33.7 Å². The van der Waals surface area contributed by atoms with Crippen molar-refractivity contribution in [2.75, 3.05) is 29.6 Å². The van der Waals surface area contributed by atoms with Gasteiger partial charge in [-0.2, -0.15) is 0 Å². The Bertz CT molecular complexity index is 916. The SMILES string of the molecule is Cc1cc(NC(=O)c2cccc(CS(C)(=O)=O)c2)ccc1N1CCCC1. The van der Waals surface area contributed by atoms with Crippen molar-refractivity contribution in [2.45, 2.75) is 25.5 Å². The average molecular weight is 372 g/mol. The van der Waals surface area contributed by atoms with Gasteiger partial charge in [0.25, 0.3) is 5.91 Å². The van der Waals surface area contributed by atoms with E-state index < -0.39 is 9.84 Å². The molecule has 2 aromatic carbocycles. The van der Waals surface area contributed by atoms with Crippen LogP contribution in [0.15, 0.2) is 42.5 Å². The van der Waals surface area contributed by atoms with Crippen LogP contribution in [0.4, 0.5) is 11.4 Å². The van der Waals surface area contributed by atoms with Crippen LogP contribution in [0.5, 0.6) is 0 Å². The zero-order valence-electron chi connectivity index (χ0n) is 15.2. The van der Waals surface area contributed by atoms with Crippen LogP contribution in [0.1, 0.15) is 34.3 Å². The van der Waals surface area contributed by atoms with Crippen molar-refractivity contribution in [3.8, 4) is 0 Å². The van der Waals surface area contributed by atoms with Gasteiger partial charge < -0.3 is 10.2 Å². The number of carbonyl (C=O) groups is 1. The van der Waals surface area contributed by atoms with Crippen LogP contribution in [0.3, 0.4) is 0 Å². The highest BCUT2D eigenvalue weighted by Gasteiger charge is 2.15. The summed E-state index contributed by atoms with van der Waals surface area (Å²) in [5.41, 5.74) is 4.16. The maximum absolute atomic E-state index is 12.5. The molecule has 1 aliphatic heterocycles. The lowest BCUT2D eigenvalue weighted by Gasteiger charge is -2.20. The minimum Gasteiger partial charge on any atom is -0.371 e. The minimum absolute atomic E-state index is 0.0717. The minimum atomic E-state index is -3.13. The van der Waals surface area contributed by atoms with Crippen molar-refractivity contribution < 1.29 is 13.2 Å². The Morgan fingerprint density at radius 3 is 2.50 bits per heavy atom. The lowest BCUT2D eigenvalue weighted by atomic mass is 10.1. The average Bonchev–Trinajstić information content (AvgIpc) is 3.08. The lowest BCUT2D eigenvalue weighted by Crippen LogP contribution is -2.19. The second kappa shape index (κ2) is 7.50. The number of hydrogen-bond acceptors (Lipinski definition) is 4. The van der Waals surface area contributed by atoms with Gasteiger partial charge in [0.15, 0.2) is 9.84 Å². The summed E-state index contributed by atoms with van der Waals surface area (Å²) in [4.78, 5) is 14.9. The molecule has 5 nitrogen and oxygen atoms in total. The highest BCUT2D eigenvalue weighted by molar-refractivity contribution is 7.89. The van der Waals surface area contributed by atoms with Crippen molar-refractivity contribution in [3.05, 3.63) is 59.2 Å². The van der Waals surface area contributed by atoms with Gasteiger partial charge in [0.05, 0.1) is 5.75 Å². The van der Waals surface area contributed by atoms with E-state index in [1.165, 1.54) is 24.8 Å². The fourth-order valence-electron chi connectivity index (χ4n) is 3.35. The van der Waals surface area contributed by atoms with Crippen molar-refractivity contribution in [1.82, 2.24) is 0 Å². The van der Waals surface area contributed by atoms with E-state index in [4.69, 9.17) is 0 Å². The summed E-state index contributed by atoms with van der Waals surface area (Å²) in [7, 11) is -3.13. The molecule has 2 aromatic rings. The molecule has 0 radical (unpaired) electrons. The highest BCUT2D eigenvalue weighted by atomic mass is 32.2. The number of aryl methyl sites for hydroxylation is 1. The van der Waals surface area contributed by atoms with E-state index in [1.807, 2.05) is 12.1 Å². The number of amides is 1. The number of hydrogen-bond donors (Lipinski definition) is 1. The van der Waals surface area contributed by atoms with Crippen LogP contribution in [0.25, 0.3) is 0 Å². The van der Waals surface area contributed by atoms with Gasteiger partial charge in [0.2, 0.25) is 0 Å². The molecule has 0 unspecified atom stereocenters. The molecule has 6 heteroatoms. The summed E-state index contributed by atoms with van der Waals surface area (Å²) in [5.74, 6) is -0.314. The Morgan fingerprint density at radius 1 is 1.12 bits per heavy atom. The summed E-state index contributed by atoms with van der Waals surface area (Å²) >= 11 is 0. The number of rotatable bonds is 5. The van der Waals surface area contributed by atoms with Gasteiger partial charge >= 0.3 is 0 Å². The maximum atomic E-state index is 12.5. The van der Waals surface area contributed by atoms with Gasteiger partial charge in [-0.3, -0.25) is 4.79 Å². The number of anilines is 2. The Kier molecular flexibility index (Phi) is 5.32. The molecule has 0 bridgehead atoms. The van der Waals surface area contributed by atoms with Gasteiger partial charge in [-0.15, -0.1) is 0 Å². The summed E-state index contributed by atoms with van der Waals surface area (Å²) in [6.45, 7) is 4.22. The molecule has 138 valence electrons. The second-order valence-corrected chi connectivity index (χ2v) is 9.06. The second-order valence-electron chi connectivity index (χ2n) is 6.92. The van der Waals surface area contributed by atoms with Gasteiger partial charge in [0, 0.05) is 36.3 Å². The van der Waals surface area contributed by atoms with Crippen LogP contribution in [0.2, 0.25) is 0 Å². The smallest absolute Gasteiger partial charge is 0.255 e. The molecule has 1 amide bonds. The van der Waals surface area contributed by atoms with Crippen LogP contribution in [-0.2, 0) is 15.6 Å². The lowest BCUT2D eigenvalue weighted by molar-refractivity contribution is 0.102. The monoisotopic (exact) mass is 372 g/mol. The van der Waals surface area contributed by atoms with E-state index in [-0.39, 0.29) is 11.7 Å². The van der Waals surface area contributed by atoms with E-state index in [0.717, 1.165) is 24.3 Å². The van der Waals surface area contributed by atoms with E-state index in [0.29, 0.717) is 11.1 Å². The van der Waals surface area contributed by atoms with Crippen LogP contribution in [0, 0.1) is 6.92 Å². The van der Waals surface area contributed by atoms with Gasteiger partial charge in [-0.25, -0.2) is 8.42 Å². The quantitative estimate of drug-likeness (QED) is 0.874. The van der Waals surface area contributed by atoms with Gasteiger partial charge in [-0.05, 0) is 61.2 Å². The number of benzene rings is 2. The van der Waals surface area contributed by atoms with E-state index in [9.17, 15) is 13.2 Å². The topological polar surface area (TPSA) is 66.5 Å². The molecular formula is C20H24N2O3S. The Labute approximate surface area is 154 Å². The first-order valence-corrected chi connectivity index (χ1v) is 10.8. The normalized spacial score (nSPS) is 14.5. The predicted molar refractivity (Wildman–Crippen MR) is 106 cm³/mol. The molecule has 0 aromatic heterocycles.